The van der Waals surface area contributed by atoms with Gasteiger partial charge in [0.1, 0.15) is 18.3 Å². The Morgan fingerprint density at radius 2 is 0.920 bits per heavy atom. The van der Waals surface area contributed by atoms with Gasteiger partial charge in [-0.25, -0.2) is 0 Å². The number of rotatable bonds is 25. The van der Waals surface area contributed by atoms with E-state index in [1.54, 1.807) is 0 Å². The van der Waals surface area contributed by atoms with Gasteiger partial charge >= 0.3 is 5.97 Å². The first-order chi connectivity index (χ1) is 24.6. The van der Waals surface area contributed by atoms with Crippen LogP contribution in [0.4, 0.5) is 0 Å². The highest BCUT2D eigenvalue weighted by atomic mass is 16.7. The van der Waals surface area contributed by atoms with Gasteiger partial charge in [-0.15, -0.1) is 0 Å². The first-order valence-corrected chi connectivity index (χ1v) is 18.9. The second kappa shape index (κ2) is 24.2. The van der Waals surface area contributed by atoms with E-state index in [0.717, 1.165) is 42.4 Å². The van der Waals surface area contributed by atoms with Crippen LogP contribution in [0.3, 0.4) is 0 Å². The topological polar surface area (TPSA) is 72.5 Å². The van der Waals surface area contributed by atoms with Crippen LogP contribution >= 0.6 is 0 Å². The number of hydrogen-bond acceptors (Lipinski definition) is 7. The van der Waals surface area contributed by atoms with E-state index in [1.807, 2.05) is 61.5 Å². The number of carbonyl (C=O) groups excluding carboxylic acids is 1. The van der Waals surface area contributed by atoms with Crippen LogP contribution in [0.15, 0.2) is 91.0 Å². The van der Waals surface area contributed by atoms with Gasteiger partial charge in [-0.3, -0.25) is 4.79 Å². The largest absolute Gasteiger partial charge is 0.469 e. The molecule has 1 heterocycles. The van der Waals surface area contributed by atoms with Gasteiger partial charge in [0.15, 0.2) is 6.29 Å². The number of hydrogen-bond donors (Lipinski definition) is 0. The Kier molecular flexibility index (Phi) is 19.2. The zero-order chi connectivity index (χ0) is 35.1. The Bertz CT molecular complexity index is 1270. The summed E-state index contributed by atoms with van der Waals surface area (Å²) in [6.07, 6.45) is 12.8. The standard InChI is InChI=1S/C43H60O7/c1-35-40(47-32-36-24-16-13-17-25-36)41(48-33-37-26-18-14-19-27-37)42(49-34-38-28-20-15-21-29-38)43(50-35)46-31-23-12-10-8-6-4-3-5-7-9-11-22-30-39(44)45-2/h13-21,24-29,35,40-43H,3-12,22-23,30-34H2,1-2H3/t35-,40-,41+,42+,43+/m0/s1. The van der Waals surface area contributed by atoms with Crippen molar-refractivity contribution in [3.63, 3.8) is 0 Å². The molecule has 4 rings (SSSR count). The summed E-state index contributed by atoms with van der Waals surface area (Å²) in [5.41, 5.74) is 3.29. The molecule has 0 unspecified atom stereocenters. The molecule has 3 aromatic carbocycles. The molecule has 274 valence electrons. The highest BCUT2D eigenvalue weighted by Gasteiger charge is 2.47. The summed E-state index contributed by atoms with van der Waals surface area (Å²) < 4.78 is 37.5. The lowest BCUT2D eigenvalue weighted by atomic mass is 9.98. The predicted octanol–water partition coefficient (Wildman–Crippen LogP) is 9.75. The zero-order valence-electron chi connectivity index (χ0n) is 30.4. The molecule has 0 bridgehead atoms. The van der Waals surface area contributed by atoms with Gasteiger partial charge in [0, 0.05) is 13.0 Å². The molecule has 0 amide bonds. The van der Waals surface area contributed by atoms with Gasteiger partial charge in [-0.1, -0.05) is 155 Å². The highest BCUT2D eigenvalue weighted by Crippen LogP contribution is 2.31. The molecule has 50 heavy (non-hydrogen) atoms. The third kappa shape index (κ3) is 15.0. The van der Waals surface area contributed by atoms with Crippen LogP contribution in [-0.4, -0.2) is 50.4 Å². The van der Waals surface area contributed by atoms with Crippen molar-refractivity contribution >= 4 is 5.97 Å². The molecule has 5 atom stereocenters. The van der Waals surface area contributed by atoms with Crippen LogP contribution in [0.5, 0.6) is 0 Å². The SMILES string of the molecule is COC(=O)CCCCCCCCCCCCCCO[C@@H]1O[C@@H](C)[C@H](OCc2ccccc2)[C@@H](OCc2ccccc2)[C@H]1OCc1ccccc1. The first kappa shape index (κ1) is 39.7. The molecular formula is C43H60O7. The maximum Gasteiger partial charge on any atom is 0.305 e. The normalized spacial score (nSPS) is 20.5. The number of carbonyl (C=O) groups is 1. The molecule has 0 aliphatic carbocycles. The Morgan fingerprint density at radius 1 is 0.520 bits per heavy atom. The van der Waals surface area contributed by atoms with E-state index in [0.29, 0.717) is 32.8 Å². The number of esters is 1. The van der Waals surface area contributed by atoms with Crippen molar-refractivity contribution in [1.82, 2.24) is 0 Å². The van der Waals surface area contributed by atoms with Crippen molar-refractivity contribution < 1.29 is 33.2 Å². The number of benzene rings is 3. The average Bonchev–Trinajstić information content (AvgIpc) is 3.15. The molecular weight excluding hydrogens is 628 g/mol. The lowest BCUT2D eigenvalue weighted by Gasteiger charge is -2.45. The second-order valence-electron chi connectivity index (χ2n) is 13.4. The molecule has 1 aliphatic rings. The fraction of sp³-hybridized carbons (Fsp3) is 0.558. The minimum atomic E-state index is -0.563. The number of methoxy groups -OCH3 is 1. The number of ether oxygens (including phenoxy) is 6. The van der Waals surface area contributed by atoms with Gasteiger partial charge in [-0.05, 0) is 36.5 Å². The molecule has 0 radical (unpaired) electrons. The summed E-state index contributed by atoms with van der Waals surface area (Å²) in [4.78, 5) is 11.2. The van der Waals surface area contributed by atoms with Gasteiger partial charge in [-0.2, -0.15) is 0 Å². The van der Waals surface area contributed by atoms with E-state index >= 15 is 0 Å². The molecule has 3 aromatic rings. The lowest BCUT2D eigenvalue weighted by molar-refractivity contribution is -0.320. The van der Waals surface area contributed by atoms with Crippen LogP contribution in [0.2, 0.25) is 0 Å². The van der Waals surface area contributed by atoms with Crippen molar-refractivity contribution in [2.45, 2.75) is 141 Å². The van der Waals surface area contributed by atoms with Crippen molar-refractivity contribution in [1.29, 1.82) is 0 Å². The summed E-state index contributed by atoms with van der Waals surface area (Å²) in [5, 5.41) is 0. The van der Waals surface area contributed by atoms with Crippen LogP contribution < -0.4 is 0 Å². The molecule has 7 nitrogen and oxygen atoms in total. The Hall–Kier alpha value is -3.07. The molecule has 1 fully saturated rings. The summed E-state index contributed by atoms with van der Waals surface area (Å²) in [7, 11) is 1.46. The van der Waals surface area contributed by atoms with E-state index in [1.165, 1.54) is 58.5 Å². The van der Waals surface area contributed by atoms with E-state index in [2.05, 4.69) is 36.4 Å². The lowest BCUT2D eigenvalue weighted by Crippen LogP contribution is -2.60. The zero-order valence-corrected chi connectivity index (χ0v) is 30.4. The van der Waals surface area contributed by atoms with E-state index < -0.39 is 18.5 Å². The maximum absolute atomic E-state index is 11.2. The summed E-state index contributed by atoms with van der Waals surface area (Å²) in [6.45, 7) is 3.98. The van der Waals surface area contributed by atoms with Crippen LogP contribution in [0.25, 0.3) is 0 Å². The Balaban J connectivity index is 1.25. The summed E-state index contributed by atoms with van der Waals surface area (Å²) in [5.74, 6) is -0.0957. The third-order valence-electron chi connectivity index (χ3n) is 9.37. The quantitative estimate of drug-likeness (QED) is 0.0648. The van der Waals surface area contributed by atoms with Crippen molar-refractivity contribution in [2.75, 3.05) is 13.7 Å². The molecule has 0 saturated carbocycles. The fourth-order valence-electron chi connectivity index (χ4n) is 6.44. The van der Waals surface area contributed by atoms with Crippen LogP contribution in [0.1, 0.15) is 107 Å². The molecule has 1 saturated heterocycles. The average molecular weight is 689 g/mol. The summed E-state index contributed by atoms with van der Waals surface area (Å²) in [6, 6.07) is 30.7. The monoisotopic (exact) mass is 688 g/mol. The van der Waals surface area contributed by atoms with E-state index in [4.69, 9.17) is 28.4 Å². The van der Waals surface area contributed by atoms with Crippen molar-refractivity contribution in [3.05, 3.63) is 108 Å². The van der Waals surface area contributed by atoms with Crippen molar-refractivity contribution in [3.8, 4) is 0 Å². The van der Waals surface area contributed by atoms with E-state index in [9.17, 15) is 4.79 Å². The molecule has 1 aliphatic heterocycles. The second-order valence-corrected chi connectivity index (χ2v) is 13.4. The molecule has 0 spiro atoms. The number of unbranched alkanes of at least 4 members (excludes halogenated alkanes) is 11. The molecule has 0 N–H and O–H groups in total. The predicted molar refractivity (Wildman–Crippen MR) is 197 cm³/mol. The smallest absolute Gasteiger partial charge is 0.305 e. The van der Waals surface area contributed by atoms with Gasteiger partial charge < -0.3 is 28.4 Å². The fourth-order valence-corrected chi connectivity index (χ4v) is 6.44. The van der Waals surface area contributed by atoms with Gasteiger partial charge in [0.05, 0.1) is 33.0 Å². The van der Waals surface area contributed by atoms with Gasteiger partial charge in [0.2, 0.25) is 0 Å². The van der Waals surface area contributed by atoms with Gasteiger partial charge in [0.25, 0.3) is 0 Å². The summed E-state index contributed by atoms with van der Waals surface area (Å²) >= 11 is 0. The Labute approximate surface area is 301 Å². The highest BCUT2D eigenvalue weighted by molar-refractivity contribution is 5.68. The van der Waals surface area contributed by atoms with Crippen LogP contribution in [0, 0.1) is 0 Å². The maximum atomic E-state index is 11.2. The van der Waals surface area contributed by atoms with Crippen molar-refractivity contribution in [2.24, 2.45) is 0 Å². The first-order valence-electron chi connectivity index (χ1n) is 18.9. The minimum Gasteiger partial charge on any atom is -0.469 e. The molecule has 7 heteroatoms. The Morgan fingerprint density at radius 3 is 1.38 bits per heavy atom. The van der Waals surface area contributed by atoms with E-state index in [-0.39, 0.29) is 18.2 Å². The minimum absolute atomic E-state index is 0.0957. The molecule has 0 aromatic heterocycles. The van der Waals surface area contributed by atoms with Crippen LogP contribution in [-0.2, 0) is 53.0 Å². The third-order valence-corrected chi connectivity index (χ3v) is 9.37.